The van der Waals surface area contributed by atoms with Crippen LogP contribution in [-0.2, 0) is 5.41 Å². The van der Waals surface area contributed by atoms with E-state index in [0.717, 1.165) is 17.1 Å². The predicted octanol–water partition coefficient (Wildman–Crippen LogP) is 16.5. The highest BCUT2D eigenvalue weighted by Crippen LogP contribution is 2.50. The van der Waals surface area contributed by atoms with E-state index in [1.807, 2.05) is 11.3 Å². The van der Waals surface area contributed by atoms with E-state index in [1.54, 1.807) is 0 Å². The van der Waals surface area contributed by atoms with Crippen LogP contribution >= 0.6 is 11.3 Å². The first-order valence-corrected chi connectivity index (χ1v) is 21.2. The van der Waals surface area contributed by atoms with Crippen LogP contribution in [0.1, 0.15) is 25.0 Å². The van der Waals surface area contributed by atoms with Crippen LogP contribution in [0.4, 0.5) is 17.1 Å². The Kier molecular flexibility index (Phi) is 8.43. The molecular formula is C57H41NS. The molecule has 1 aromatic heterocycles. The Bertz CT molecular complexity index is 3190. The van der Waals surface area contributed by atoms with Gasteiger partial charge in [-0.1, -0.05) is 159 Å². The highest BCUT2D eigenvalue weighted by molar-refractivity contribution is 7.25. The molecule has 1 aliphatic carbocycles. The topological polar surface area (TPSA) is 3.24 Å². The number of fused-ring (bicyclic) bond motifs is 6. The van der Waals surface area contributed by atoms with E-state index < -0.39 is 0 Å². The zero-order chi connectivity index (χ0) is 39.5. The van der Waals surface area contributed by atoms with E-state index in [1.165, 1.54) is 86.9 Å². The van der Waals surface area contributed by atoms with Crippen LogP contribution in [0, 0.1) is 0 Å². The average molecular weight is 772 g/mol. The summed E-state index contributed by atoms with van der Waals surface area (Å²) in [4.78, 5) is 2.39. The van der Waals surface area contributed by atoms with Crippen LogP contribution in [0.2, 0.25) is 0 Å². The van der Waals surface area contributed by atoms with Gasteiger partial charge in [-0.2, -0.15) is 0 Å². The Morgan fingerprint density at radius 1 is 0.322 bits per heavy atom. The minimum Gasteiger partial charge on any atom is -0.310 e. The van der Waals surface area contributed by atoms with Crippen LogP contribution in [0.15, 0.2) is 212 Å². The standard InChI is InChI=1S/C57H41NS/c1-57(2)53-23-8-6-21-49(53)51-36-45(27-31-54(51)57)41-16-10-15-40(33-41)43-18-12-20-48(35-43)58(47-19-11-17-42(34-47)38-13-4-3-5-14-38)46-29-25-39(26-30-46)44-28-32-56-52(37-44)50-22-7-9-24-55(50)59-56/h3-37H,1-2H3. The Morgan fingerprint density at radius 2 is 0.831 bits per heavy atom. The largest absolute Gasteiger partial charge is 0.310 e. The lowest BCUT2D eigenvalue weighted by atomic mass is 9.82. The van der Waals surface area contributed by atoms with Gasteiger partial charge in [-0.05, 0) is 133 Å². The summed E-state index contributed by atoms with van der Waals surface area (Å²) in [5.74, 6) is 0. The van der Waals surface area contributed by atoms with Crippen molar-refractivity contribution < 1.29 is 0 Å². The fourth-order valence-corrected chi connectivity index (χ4v) is 10.3. The maximum atomic E-state index is 2.39. The quantitative estimate of drug-likeness (QED) is 0.156. The summed E-state index contributed by atoms with van der Waals surface area (Å²) < 4.78 is 2.65. The lowest BCUT2D eigenvalue weighted by Gasteiger charge is -2.27. The first kappa shape index (κ1) is 35.2. The van der Waals surface area contributed by atoms with Crippen molar-refractivity contribution in [3.8, 4) is 55.6 Å². The average Bonchev–Trinajstić information content (AvgIpc) is 3.78. The fourth-order valence-electron chi connectivity index (χ4n) is 9.21. The van der Waals surface area contributed by atoms with E-state index in [4.69, 9.17) is 0 Å². The monoisotopic (exact) mass is 771 g/mol. The minimum atomic E-state index is -0.00668. The molecule has 0 amide bonds. The van der Waals surface area contributed by atoms with Crippen molar-refractivity contribution in [2.45, 2.75) is 19.3 Å². The zero-order valence-electron chi connectivity index (χ0n) is 33.1. The summed E-state index contributed by atoms with van der Waals surface area (Å²) in [6.45, 7) is 4.68. The van der Waals surface area contributed by atoms with Gasteiger partial charge in [0.05, 0.1) is 0 Å². The second-order valence-electron chi connectivity index (χ2n) is 16.2. The van der Waals surface area contributed by atoms with Crippen molar-refractivity contribution in [1.29, 1.82) is 0 Å². The molecule has 0 saturated heterocycles. The molecule has 0 radical (unpaired) electrons. The van der Waals surface area contributed by atoms with Crippen molar-refractivity contribution >= 4 is 48.6 Å². The molecule has 0 aliphatic heterocycles. The Balaban J connectivity index is 0.980. The molecule has 9 aromatic carbocycles. The molecule has 0 fully saturated rings. The summed E-state index contributed by atoms with van der Waals surface area (Å²) in [6, 6.07) is 78.1. The second kappa shape index (κ2) is 14.1. The van der Waals surface area contributed by atoms with Crippen molar-refractivity contribution in [2.24, 2.45) is 0 Å². The summed E-state index contributed by atoms with van der Waals surface area (Å²) in [7, 11) is 0. The van der Waals surface area contributed by atoms with Gasteiger partial charge in [-0.15, -0.1) is 11.3 Å². The summed E-state index contributed by atoms with van der Waals surface area (Å²) in [5, 5.41) is 2.64. The van der Waals surface area contributed by atoms with E-state index >= 15 is 0 Å². The maximum Gasteiger partial charge on any atom is 0.0467 e. The third-order valence-electron chi connectivity index (χ3n) is 12.3. The fraction of sp³-hybridized carbons (Fsp3) is 0.0526. The van der Waals surface area contributed by atoms with Gasteiger partial charge in [0.1, 0.15) is 0 Å². The van der Waals surface area contributed by atoms with Crippen molar-refractivity contribution in [3.05, 3.63) is 223 Å². The van der Waals surface area contributed by atoms with Gasteiger partial charge in [0.25, 0.3) is 0 Å². The van der Waals surface area contributed by atoms with E-state index in [2.05, 4.69) is 231 Å². The molecule has 1 aliphatic rings. The van der Waals surface area contributed by atoms with Crippen molar-refractivity contribution in [3.63, 3.8) is 0 Å². The Morgan fingerprint density at radius 3 is 1.59 bits per heavy atom. The lowest BCUT2D eigenvalue weighted by molar-refractivity contribution is 0.660. The first-order valence-electron chi connectivity index (χ1n) is 20.4. The van der Waals surface area contributed by atoms with Gasteiger partial charge in [0.2, 0.25) is 0 Å². The third-order valence-corrected chi connectivity index (χ3v) is 13.4. The molecule has 0 atom stereocenters. The van der Waals surface area contributed by atoms with E-state index in [0.29, 0.717) is 0 Å². The smallest absolute Gasteiger partial charge is 0.0467 e. The summed E-state index contributed by atoms with van der Waals surface area (Å²) in [5.41, 5.74) is 18.4. The van der Waals surface area contributed by atoms with E-state index in [-0.39, 0.29) is 5.41 Å². The number of rotatable bonds is 7. The third kappa shape index (κ3) is 6.16. The highest BCUT2D eigenvalue weighted by Gasteiger charge is 2.35. The molecule has 1 nitrogen and oxygen atoms in total. The Labute approximate surface area is 350 Å². The number of nitrogens with zero attached hydrogens (tertiary/aromatic N) is 1. The van der Waals surface area contributed by atoms with Crippen LogP contribution in [0.3, 0.4) is 0 Å². The highest BCUT2D eigenvalue weighted by atomic mass is 32.1. The van der Waals surface area contributed by atoms with Crippen molar-refractivity contribution in [2.75, 3.05) is 4.90 Å². The number of hydrogen-bond acceptors (Lipinski definition) is 2. The van der Waals surface area contributed by atoms with Crippen LogP contribution in [-0.4, -0.2) is 0 Å². The molecule has 59 heavy (non-hydrogen) atoms. The first-order chi connectivity index (χ1) is 29.0. The normalized spacial score (nSPS) is 12.7. The van der Waals surface area contributed by atoms with Gasteiger partial charge in [-0.3, -0.25) is 0 Å². The van der Waals surface area contributed by atoms with Gasteiger partial charge >= 0.3 is 0 Å². The Hall–Kier alpha value is -7.00. The number of anilines is 3. The van der Waals surface area contributed by atoms with Gasteiger partial charge in [0, 0.05) is 42.6 Å². The maximum absolute atomic E-state index is 2.39. The van der Waals surface area contributed by atoms with Crippen LogP contribution in [0.25, 0.3) is 75.8 Å². The van der Waals surface area contributed by atoms with Crippen LogP contribution in [0.5, 0.6) is 0 Å². The molecule has 11 rings (SSSR count). The molecule has 10 aromatic rings. The molecule has 0 spiro atoms. The molecule has 2 heteroatoms. The molecule has 0 bridgehead atoms. The molecular weight excluding hydrogens is 731 g/mol. The molecule has 1 heterocycles. The second-order valence-corrected chi connectivity index (χ2v) is 17.3. The zero-order valence-corrected chi connectivity index (χ0v) is 33.9. The molecule has 0 N–H and O–H groups in total. The van der Waals surface area contributed by atoms with Crippen molar-refractivity contribution in [1.82, 2.24) is 0 Å². The number of thiophene rings is 1. The number of benzene rings is 9. The van der Waals surface area contributed by atoms with Gasteiger partial charge in [-0.25, -0.2) is 0 Å². The van der Waals surface area contributed by atoms with Crippen LogP contribution < -0.4 is 4.90 Å². The summed E-state index contributed by atoms with van der Waals surface area (Å²) in [6.07, 6.45) is 0. The van der Waals surface area contributed by atoms with Gasteiger partial charge in [0.15, 0.2) is 0 Å². The molecule has 280 valence electrons. The molecule has 0 saturated carbocycles. The minimum absolute atomic E-state index is 0.00668. The van der Waals surface area contributed by atoms with Gasteiger partial charge < -0.3 is 4.90 Å². The summed E-state index contributed by atoms with van der Waals surface area (Å²) >= 11 is 1.86. The predicted molar refractivity (Wildman–Crippen MR) is 253 cm³/mol. The SMILES string of the molecule is CC1(C)c2ccccc2-c2cc(-c3cccc(-c4cccc(N(c5ccc(-c6ccc7sc8ccccc8c7c6)cc5)c5cccc(-c6ccccc6)c5)c4)c3)ccc21. The molecule has 0 unspecified atom stereocenters. The lowest BCUT2D eigenvalue weighted by Crippen LogP contribution is -2.14. The van der Waals surface area contributed by atoms with E-state index in [9.17, 15) is 0 Å². The number of hydrogen-bond donors (Lipinski definition) is 0.